The predicted molar refractivity (Wildman–Crippen MR) is 70.6 cm³/mol. The fraction of sp³-hybridized carbons (Fsp3) is 0.583. The van der Waals surface area contributed by atoms with E-state index in [1.165, 1.54) is 7.05 Å². The SMILES string of the molecule is CNC(=O)C1(NC(=O)C(=O)O)CC1CCCNC(=O)C(=O)O. The van der Waals surface area contributed by atoms with E-state index in [0.717, 1.165) is 0 Å². The minimum absolute atomic E-state index is 0.109. The Bertz CT molecular complexity index is 519. The van der Waals surface area contributed by atoms with Crippen molar-refractivity contribution in [1.29, 1.82) is 0 Å². The van der Waals surface area contributed by atoms with Crippen molar-refractivity contribution in [3.8, 4) is 0 Å². The van der Waals surface area contributed by atoms with Crippen molar-refractivity contribution in [1.82, 2.24) is 16.0 Å². The van der Waals surface area contributed by atoms with E-state index in [1.807, 2.05) is 0 Å². The Morgan fingerprint density at radius 3 is 2.18 bits per heavy atom. The molecule has 5 N–H and O–H groups in total. The Labute approximate surface area is 125 Å². The van der Waals surface area contributed by atoms with Crippen LogP contribution in [0, 0.1) is 5.92 Å². The second-order valence-electron chi connectivity index (χ2n) is 4.91. The average Bonchev–Trinajstić information content (AvgIpc) is 3.16. The molecule has 0 saturated heterocycles. The first-order valence-corrected chi connectivity index (χ1v) is 6.53. The zero-order chi connectivity index (χ0) is 16.9. The molecule has 1 rings (SSSR count). The van der Waals surface area contributed by atoms with Crippen LogP contribution < -0.4 is 16.0 Å². The summed E-state index contributed by atoms with van der Waals surface area (Å²) in [4.78, 5) is 54.7. The van der Waals surface area contributed by atoms with Crippen LogP contribution in [0.2, 0.25) is 0 Å². The molecule has 2 unspecified atom stereocenters. The summed E-state index contributed by atoms with van der Waals surface area (Å²) in [6.45, 7) is 0.109. The van der Waals surface area contributed by atoms with Gasteiger partial charge in [0.15, 0.2) is 0 Å². The number of likely N-dealkylation sites (N-methyl/N-ethyl adjacent to an activating group) is 1. The molecule has 0 aromatic heterocycles. The molecule has 1 aliphatic carbocycles. The molecule has 1 aliphatic rings. The Morgan fingerprint density at radius 1 is 1.09 bits per heavy atom. The van der Waals surface area contributed by atoms with E-state index in [1.54, 1.807) is 0 Å². The number of rotatable bonds is 6. The summed E-state index contributed by atoms with van der Waals surface area (Å²) in [5, 5.41) is 23.7. The lowest BCUT2D eigenvalue weighted by Gasteiger charge is -2.16. The monoisotopic (exact) mass is 315 g/mol. The highest BCUT2D eigenvalue weighted by molar-refractivity contribution is 6.32. The van der Waals surface area contributed by atoms with Crippen LogP contribution in [-0.4, -0.2) is 59.0 Å². The summed E-state index contributed by atoms with van der Waals surface area (Å²) in [5.74, 6) is -6.39. The van der Waals surface area contributed by atoms with Crippen molar-refractivity contribution in [2.24, 2.45) is 5.92 Å². The van der Waals surface area contributed by atoms with Crippen molar-refractivity contribution >= 4 is 29.7 Å². The number of amides is 3. The lowest BCUT2D eigenvalue weighted by atomic mass is 10.1. The molecule has 122 valence electrons. The molecule has 10 nitrogen and oxygen atoms in total. The molecule has 0 aromatic rings. The minimum Gasteiger partial charge on any atom is -0.474 e. The van der Waals surface area contributed by atoms with Gasteiger partial charge in [-0.1, -0.05) is 0 Å². The quantitative estimate of drug-likeness (QED) is 0.271. The molecule has 10 heteroatoms. The highest BCUT2D eigenvalue weighted by atomic mass is 16.4. The lowest BCUT2D eigenvalue weighted by Crippen LogP contribution is -2.51. The summed E-state index contributed by atoms with van der Waals surface area (Å²) in [6, 6.07) is 0. The van der Waals surface area contributed by atoms with Crippen LogP contribution in [0.1, 0.15) is 19.3 Å². The van der Waals surface area contributed by atoms with Gasteiger partial charge in [0, 0.05) is 13.6 Å². The van der Waals surface area contributed by atoms with Crippen LogP contribution in [0.3, 0.4) is 0 Å². The highest BCUT2D eigenvalue weighted by Gasteiger charge is 2.60. The third-order valence-corrected chi connectivity index (χ3v) is 3.48. The van der Waals surface area contributed by atoms with Gasteiger partial charge in [-0.3, -0.25) is 14.4 Å². The van der Waals surface area contributed by atoms with Gasteiger partial charge in [0.2, 0.25) is 5.91 Å². The zero-order valence-corrected chi connectivity index (χ0v) is 11.8. The second kappa shape index (κ2) is 6.87. The van der Waals surface area contributed by atoms with E-state index >= 15 is 0 Å². The van der Waals surface area contributed by atoms with Gasteiger partial charge in [0.25, 0.3) is 0 Å². The smallest absolute Gasteiger partial charge is 0.394 e. The minimum atomic E-state index is -1.68. The number of carbonyl (C=O) groups is 5. The Hall–Kier alpha value is -2.65. The maximum Gasteiger partial charge on any atom is 0.394 e. The fourth-order valence-electron chi connectivity index (χ4n) is 2.27. The summed E-state index contributed by atoms with van der Waals surface area (Å²) in [5.41, 5.74) is -1.25. The van der Waals surface area contributed by atoms with Gasteiger partial charge in [-0.2, -0.15) is 0 Å². The van der Waals surface area contributed by atoms with Crippen molar-refractivity contribution in [2.75, 3.05) is 13.6 Å². The van der Waals surface area contributed by atoms with Crippen molar-refractivity contribution in [3.63, 3.8) is 0 Å². The lowest BCUT2D eigenvalue weighted by molar-refractivity contribution is -0.151. The molecule has 0 radical (unpaired) electrons. The first-order valence-electron chi connectivity index (χ1n) is 6.53. The zero-order valence-electron chi connectivity index (χ0n) is 11.8. The third kappa shape index (κ3) is 3.93. The summed E-state index contributed by atoms with van der Waals surface area (Å²) in [7, 11) is 1.37. The predicted octanol–water partition coefficient (Wildman–Crippen LogP) is -2.33. The van der Waals surface area contributed by atoms with Crippen LogP contribution in [0.4, 0.5) is 0 Å². The Kier molecular flexibility index (Phi) is 5.44. The van der Waals surface area contributed by atoms with E-state index in [-0.39, 0.29) is 12.5 Å². The highest BCUT2D eigenvalue weighted by Crippen LogP contribution is 2.46. The van der Waals surface area contributed by atoms with Crippen LogP contribution in [-0.2, 0) is 24.0 Å². The van der Waals surface area contributed by atoms with Gasteiger partial charge in [0.1, 0.15) is 5.54 Å². The molecule has 0 heterocycles. The summed E-state index contributed by atoms with van der Waals surface area (Å²) < 4.78 is 0. The van der Waals surface area contributed by atoms with Gasteiger partial charge >= 0.3 is 23.8 Å². The topological polar surface area (TPSA) is 162 Å². The number of carboxylic acids is 2. The molecule has 0 bridgehead atoms. The van der Waals surface area contributed by atoms with Gasteiger partial charge in [-0.25, -0.2) is 9.59 Å². The van der Waals surface area contributed by atoms with Crippen LogP contribution in [0.15, 0.2) is 0 Å². The van der Waals surface area contributed by atoms with Gasteiger partial charge in [0.05, 0.1) is 0 Å². The van der Waals surface area contributed by atoms with Crippen molar-refractivity contribution in [3.05, 3.63) is 0 Å². The van der Waals surface area contributed by atoms with E-state index in [2.05, 4.69) is 16.0 Å². The van der Waals surface area contributed by atoms with E-state index in [0.29, 0.717) is 19.3 Å². The molecule has 1 fully saturated rings. The number of carboxylic acid groups (broad SMARTS) is 2. The molecule has 22 heavy (non-hydrogen) atoms. The van der Waals surface area contributed by atoms with Crippen LogP contribution in [0.5, 0.6) is 0 Å². The summed E-state index contributed by atoms with van der Waals surface area (Å²) >= 11 is 0. The fourth-order valence-corrected chi connectivity index (χ4v) is 2.27. The van der Waals surface area contributed by atoms with E-state index in [9.17, 15) is 24.0 Å². The summed E-state index contributed by atoms with van der Waals surface area (Å²) in [6.07, 6.45) is 1.11. The normalized spacial score (nSPS) is 22.3. The number of hydrogen-bond acceptors (Lipinski definition) is 5. The molecule has 0 aliphatic heterocycles. The first-order chi connectivity index (χ1) is 10.2. The molecular formula is C12H17N3O7. The van der Waals surface area contributed by atoms with E-state index in [4.69, 9.17) is 10.2 Å². The molecular weight excluding hydrogens is 298 g/mol. The molecule has 3 amide bonds. The average molecular weight is 315 g/mol. The molecule has 0 spiro atoms. The first kappa shape index (κ1) is 17.4. The largest absolute Gasteiger partial charge is 0.474 e. The molecule has 1 saturated carbocycles. The van der Waals surface area contributed by atoms with Crippen LogP contribution in [0.25, 0.3) is 0 Å². The van der Waals surface area contributed by atoms with Crippen LogP contribution >= 0.6 is 0 Å². The number of aliphatic carboxylic acids is 2. The number of carbonyl (C=O) groups excluding carboxylic acids is 3. The number of nitrogens with one attached hydrogen (secondary N) is 3. The Balaban J connectivity index is 2.49. The van der Waals surface area contributed by atoms with Crippen molar-refractivity contribution < 1.29 is 34.2 Å². The van der Waals surface area contributed by atoms with Crippen molar-refractivity contribution in [2.45, 2.75) is 24.8 Å². The second-order valence-corrected chi connectivity index (χ2v) is 4.91. The number of hydrogen-bond donors (Lipinski definition) is 5. The van der Waals surface area contributed by atoms with E-state index < -0.39 is 35.2 Å². The maximum absolute atomic E-state index is 11.8. The molecule has 2 atom stereocenters. The molecule has 0 aromatic carbocycles. The Morgan fingerprint density at radius 2 is 1.68 bits per heavy atom. The van der Waals surface area contributed by atoms with Gasteiger partial charge in [-0.15, -0.1) is 0 Å². The standard InChI is InChI=1S/C12H17N3O7/c1-13-11(22)12(15-8(17)10(20)21)5-6(12)3-2-4-14-7(16)9(18)19/h6H,2-5H2,1H3,(H,13,22)(H,14,16)(H,15,17)(H,18,19)(H,20,21). The third-order valence-electron chi connectivity index (χ3n) is 3.48. The van der Waals surface area contributed by atoms with Gasteiger partial charge < -0.3 is 26.2 Å². The van der Waals surface area contributed by atoms with Gasteiger partial charge in [-0.05, 0) is 25.2 Å². The maximum atomic E-state index is 11.8.